The maximum atomic E-state index is 5.95. The summed E-state index contributed by atoms with van der Waals surface area (Å²) in [5.74, 6) is 2.63. The third-order valence-electron chi connectivity index (χ3n) is 6.25. The summed E-state index contributed by atoms with van der Waals surface area (Å²) < 4.78 is 8.25. The van der Waals surface area contributed by atoms with Crippen molar-refractivity contribution in [1.29, 1.82) is 0 Å². The summed E-state index contributed by atoms with van der Waals surface area (Å²) in [7, 11) is 0. The Hall–Kier alpha value is -2.12. The molecule has 2 fully saturated rings. The van der Waals surface area contributed by atoms with E-state index in [-0.39, 0.29) is 6.10 Å². The molecule has 4 heterocycles. The molecular weight excluding hydrogens is 394 g/mol. The van der Waals surface area contributed by atoms with E-state index in [9.17, 15) is 0 Å². The number of hydrogen-bond donors (Lipinski definition) is 0. The minimum Gasteiger partial charge on any atom is -0.376 e. The zero-order valence-corrected chi connectivity index (χ0v) is 18.4. The molecule has 0 radical (unpaired) electrons. The highest BCUT2D eigenvalue weighted by Gasteiger charge is 2.26. The number of fused-ring (bicyclic) bond motifs is 1. The van der Waals surface area contributed by atoms with Gasteiger partial charge in [0.25, 0.3) is 0 Å². The molecule has 0 aliphatic carbocycles. The van der Waals surface area contributed by atoms with Crippen LogP contribution in [0.15, 0.2) is 41.7 Å². The second-order valence-electron chi connectivity index (χ2n) is 8.48. The molecule has 0 amide bonds. The number of thioether (sulfide) groups is 1. The number of piperidine rings is 1. The van der Waals surface area contributed by atoms with Crippen molar-refractivity contribution in [3.8, 4) is 0 Å². The van der Waals surface area contributed by atoms with Gasteiger partial charge < -0.3 is 9.64 Å². The first kappa shape index (κ1) is 19.8. The third kappa shape index (κ3) is 4.18. The Bertz CT molecular complexity index is 987. The first-order chi connectivity index (χ1) is 14.8. The van der Waals surface area contributed by atoms with E-state index in [2.05, 4.69) is 55.8 Å². The molecule has 30 heavy (non-hydrogen) atoms. The van der Waals surface area contributed by atoms with Gasteiger partial charge >= 0.3 is 0 Å². The second kappa shape index (κ2) is 8.94. The minimum atomic E-state index is 0.266. The lowest BCUT2D eigenvalue weighted by molar-refractivity contribution is 0.0951. The van der Waals surface area contributed by atoms with E-state index in [1.807, 2.05) is 12.3 Å². The monoisotopic (exact) mass is 423 g/mol. The van der Waals surface area contributed by atoms with Gasteiger partial charge in [-0.15, -0.1) is 10.2 Å². The van der Waals surface area contributed by atoms with Gasteiger partial charge in [-0.25, -0.2) is 0 Å². The highest BCUT2D eigenvalue weighted by molar-refractivity contribution is 7.98. The average Bonchev–Trinajstić information content (AvgIpc) is 3.43. The quantitative estimate of drug-likeness (QED) is 0.543. The first-order valence-corrected chi connectivity index (χ1v) is 12.0. The molecule has 2 saturated heterocycles. The van der Waals surface area contributed by atoms with Gasteiger partial charge in [-0.05, 0) is 43.2 Å². The van der Waals surface area contributed by atoms with Crippen molar-refractivity contribution in [3.05, 3.63) is 42.1 Å². The van der Waals surface area contributed by atoms with Gasteiger partial charge in [-0.1, -0.05) is 43.0 Å². The number of ether oxygens (including phenoxy) is 1. The van der Waals surface area contributed by atoms with E-state index in [0.29, 0.717) is 0 Å². The molecule has 0 N–H and O–H groups in total. The number of hydrogen-bond acceptors (Lipinski definition) is 6. The number of aromatic nitrogens is 4. The SMILES string of the molecule is CC1CCN(c2nnc(SCc3cccc4cccnc34)n2CC2CCCO2)CC1. The fourth-order valence-electron chi connectivity index (χ4n) is 4.41. The molecule has 5 rings (SSSR count). The molecular formula is C23H29N5OS. The Balaban J connectivity index is 1.39. The maximum Gasteiger partial charge on any atom is 0.228 e. The number of rotatable bonds is 6. The van der Waals surface area contributed by atoms with Gasteiger partial charge in [0.2, 0.25) is 5.95 Å². The van der Waals surface area contributed by atoms with Gasteiger partial charge in [0.15, 0.2) is 5.16 Å². The topological polar surface area (TPSA) is 56.1 Å². The van der Waals surface area contributed by atoms with Crippen molar-refractivity contribution >= 4 is 28.6 Å². The molecule has 1 atom stereocenters. The van der Waals surface area contributed by atoms with Crippen LogP contribution in [0.2, 0.25) is 0 Å². The van der Waals surface area contributed by atoms with Crippen molar-refractivity contribution in [2.24, 2.45) is 5.92 Å². The second-order valence-corrected chi connectivity index (χ2v) is 9.42. The summed E-state index contributed by atoms with van der Waals surface area (Å²) in [5.41, 5.74) is 2.31. The van der Waals surface area contributed by atoms with Gasteiger partial charge in [0, 0.05) is 37.0 Å². The Morgan fingerprint density at radius 1 is 1.10 bits per heavy atom. The van der Waals surface area contributed by atoms with E-state index < -0.39 is 0 Å². The number of benzene rings is 1. The largest absolute Gasteiger partial charge is 0.376 e. The Kier molecular flexibility index (Phi) is 5.91. The van der Waals surface area contributed by atoms with Crippen LogP contribution in [-0.2, 0) is 17.0 Å². The van der Waals surface area contributed by atoms with Crippen molar-refractivity contribution in [2.75, 3.05) is 24.6 Å². The standard InChI is InChI=1S/C23H29N5OS/c1-17-9-12-27(13-10-17)22-25-26-23(28(22)15-20-8-4-14-29-20)30-16-19-6-2-5-18-7-3-11-24-21(18)19/h2-3,5-7,11,17,20H,4,8-10,12-16H2,1H3. The summed E-state index contributed by atoms with van der Waals surface area (Å²) in [6.45, 7) is 6.16. The molecule has 6 nitrogen and oxygen atoms in total. The molecule has 0 bridgehead atoms. The fourth-order valence-corrected chi connectivity index (χ4v) is 5.34. The van der Waals surface area contributed by atoms with Gasteiger partial charge in [-0.3, -0.25) is 9.55 Å². The van der Waals surface area contributed by atoms with Gasteiger partial charge in [0.05, 0.1) is 18.2 Å². The molecule has 158 valence electrons. The molecule has 3 aromatic rings. The number of pyridine rings is 1. The van der Waals surface area contributed by atoms with Crippen LogP contribution in [0, 0.1) is 5.92 Å². The lowest BCUT2D eigenvalue weighted by Gasteiger charge is -2.31. The van der Waals surface area contributed by atoms with E-state index in [4.69, 9.17) is 4.74 Å². The van der Waals surface area contributed by atoms with Crippen LogP contribution in [0.1, 0.15) is 38.2 Å². The molecule has 2 aromatic heterocycles. The third-order valence-corrected chi connectivity index (χ3v) is 7.26. The van der Waals surface area contributed by atoms with E-state index in [0.717, 1.165) is 67.4 Å². The summed E-state index contributed by atoms with van der Waals surface area (Å²) in [5, 5.41) is 11.4. The Labute approximate surface area is 182 Å². The fraction of sp³-hybridized carbons (Fsp3) is 0.522. The molecule has 7 heteroatoms. The van der Waals surface area contributed by atoms with Crippen LogP contribution < -0.4 is 4.90 Å². The van der Waals surface area contributed by atoms with Crippen LogP contribution >= 0.6 is 11.8 Å². The summed E-state index contributed by atoms with van der Waals surface area (Å²) >= 11 is 1.75. The predicted octanol–water partition coefficient (Wildman–Crippen LogP) is 4.53. The highest BCUT2D eigenvalue weighted by atomic mass is 32.2. The van der Waals surface area contributed by atoms with Crippen molar-refractivity contribution in [3.63, 3.8) is 0 Å². The Morgan fingerprint density at radius 3 is 2.80 bits per heavy atom. The smallest absolute Gasteiger partial charge is 0.228 e. The number of para-hydroxylation sites is 1. The van der Waals surface area contributed by atoms with Crippen LogP contribution in [0.3, 0.4) is 0 Å². The normalized spacial score (nSPS) is 20.3. The summed E-state index contributed by atoms with van der Waals surface area (Å²) in [6.07, 6.45) is 6.83. The van der Waals surface area contributed by atoms with E-state index in [1.165, 1.54) is 23.8 Å². The minimum absolute atomic E-state index is 0.266. The van der Waals surface area contributed by atoms with Crippen LogP contribution in [0.4, 0.5) is 5.95 Å². The maximum absolute atomic E-state index is 5.95. The molecule has 1 aromatic carbocycles. The van der Waals surface area contributed by atoms with E-state index in [1.54, 1.807) is 11.8 Å². The molecule has 1 unspecified atom stereocenters. The Morgan fingerprint density at radius 2 is 1.97 bits per heavy atom. The van der Waals surface area contributed by atoms with Crippen molar-refractivity contribution < 1.29 is 4.74 Å². The average molecular weight is 424 g/mol. The van der Waals surface area contributed by atoms with Crippen molar-refractivity contribution in [1.82, 2.24) is 19.7 Å². The molecule has 2 aliphatic heterocycles. The van der Waals surface area contributed by atoms with Crippen molar-refractivity contribution in [2.45, 2.75) is 56.2 Å². The summed E-state index contributed by atoms with van der Waals surface area (Å²) in [4.78, 5) is 7.01. The van der Waals surface area contributed by atoms with E-state index >= 15 is 0 Å². The molecule has 2 aliphatic rings. The lowest BCUT2D eigenvalue weighted by atomic mass is 10.00. The van der Waals surface area contributed by atoms with Crippen LogP contribution in [0.5, 0.6) is 0 Å². The number of anilines is 1. The van der Waals surface area contributed by atoms with Gasteiger partial charge in [0.1, 0.15) is 0 Å². The predicted molar refractivity (Wildman–Crippen MR) is 121 cm³/mol. The molecule has 0 saturated carbocycles. The van der Waals surface area contributed by atoms with Gasteiger partial charge in [-0.2, -0.15) is 0 Å². The zero-order chi connectivity index (χ0) is 20.3. The first-order valence-electron chi connectivity index (χ1n) is 11.0. The van der Waals surface area contributed by atoms with Crippen LogP contribution in [-0.4, -0.2) is 45.5 Å². The lowest BCUT2D eigenvalue weighted by Crippen LogP contribution is -2.35. The molecule has 0 spiro atoms. The van der Waals surface area contributed by atoms with Crippen LogP contribution in [0.25, 0.3) is 10.9 Å². The zero-order valence-electron chi connectivity index (χ0n) is 17.5. The number of nitrogens with zero attached hydrogens (tertiary/aromatic N) is 5. The summed E-state index contributed by atoms with van der Waals surface area (Å²) in [6, 6.07) is 10.5. The highest BCUT2D eigenvalue weighted by Crippen LogP contribution is 2.30.